The summed E-state index contributed by atoms with van der Waals surface area (Å²) in [4.78, 5) is 71.5. The van der Waals surface area contributed by atoms with Crippen LogP contribution >= 0.6 is 30.4 Å². The smallest absolute Gasteiger partial charge is 0.324 e. The lowest BCUT2D eigenvalue weighted by molar-refractivity contribution is 0.297. The van der Waals surface area contributed by atoms with Crippen LogP contribution in [-0.2, 0) is 18.3 Å². The molecule has 0 aliphatic heterocycles. The van der Waals surface area contributed by atoms with E-state index in [4.69, 9.17) is 39.1 Å². The van der Waals surface area contributed by atoms with E-state index in [1.54, 1.807) is 0 Å². The minimum atomic E-state index is -4.93. The summed E-state index contributed by atoms with van der Waals surface area (Å²) < 4.78 is 44.2. The van der Waals surface area contributed by atoms with Crippen LogP contribution in [0.2, 0.25) is 0 Å². The van der Waals surface area contributed by atoms with Crippen molar-refractivity contribution in [2.45, 2.75) is 5.54 Å². The molecule has 0 radical (unpaired) electrons. The predicted molar refractivity (Wildman–Crippen MR) is 81.5 cm³/mol. The highest BCUT2D eigenvalue weighted by atomic mass is 31.2. The summed E-state index contributed by atoms with van der Waals surface area (Å²) in [6, 6.07) is 0. The topological polar surface area (TPSA) is 254 Å². The number of nitrogens with one attached hydrogen (secondary N) is 2. The second kappa shape index (κ2) is 8.47. The van der Waals surface area contributed by atoms with Gasteiger partial charge >= 0.3 is 30.4 Å². The Morgan fingerprint density at radius 3 is 1.29 bits per heavy atom. The van der Waals surface area contributed by atoms with Gasteiger partial charge in [0.1, 0.15) is 0 Å². The molecule has 0 heterocycles. The maximum absolute atomic E-state index is 11.2. The third-order valence-corrected chi connectivity index (χ3v) is 5.70. The lowest BCUT2D eigenvalue weighted by Crippen LogP contribution is -2.58. The molecule has 146 valence electrons. The van der Waals surface area contributed by atoms with E-state index in [1.165, 1.54) is 0 Å². The van der Waals surface area contributed by atoms with Gasteiger partial charge in [-0.1, -0.05) is 0 Å². The first-order valence-corrected chi connectivity index (χ1v) is 13.2. The zero-order valence-electron chi connectivity index (χ0n) is 12.0. The Hall–Kier alpha value is 0.520. The number of hydrogen-bond acceptors (Lipinski definition) is 6. The van der Waals surface area contributed by atoms with Gasteiger partial charge in [-0.15, -0.1) is 0 Å². The van der Waals surface area contributed by atoms with Crippen LogP contribution in [0.15, 0.2) is 0 Å². The van der Waals surface area contributed by atoms with Crippen molar-refractivity contribution in [1.29, 1.82) is 0 Å². The first-order chi connectivity index (χ1) is 10.3. The quantitative estimate of drug-likeness (QED) is 0.151. The molecule has 10 N–H and O–H groups in total. The molecule has 0 aromatic heterocycles. The zero-order valence-corrected chi connectivity index (χ0v) is 15.6. The summed E-state index contributed by atoms with van der Waals surface area (Å²) in [6.45, 7) is -0.783. The van der Waals surface area contributed by atoms with E-state index in [-0.39, 0.29) is 0 Å². The molecule has 0 aromatic carbocycles. The van der Waals surface area contributed by atoms with Crippen LogP contribution in [0.3, 0.4) is 0 Å². The maximum Gasteiger partial charge on any atom is 0.339 e. The molecule has 0 aliphatic rings. The summed E-state index contributed by atoms with van der Waals surface area (Å²) in [7, 11) is -19.2. The van der Waals surface area contributed by atoms with Crippen molar-refractivity contribution in [1.82, 2.24) is 10.6 Å². The molecule has 0 aliphatic carbocycles. The highest BCUT2D eigenvalue weighted by Gasteiger charge is 2.43. The van der Waals surface area contributed by atoms with E-state index in [0.717, 1.165) is 0 Å². The van der Waals surface area contributed by atoms with Gasteiger partial charge in [0.2, 0.25) is 0 Å². The van der Waals surface area contributed by atoms with Gasteiger partial charge in [-0.3, -0.25) is 23.6 Å². The van der Waals surface area contributed by atoms with Crippen LogP contribution in [0, 0.1) is 0 Å². The van der Waals surface area contributed by atoms with Gasteiger partial charge < -0.3 is 44.5 Å². The predicted octanol–water partition coefficient (Wildman–Crippen LogP) is -2.47. The van der Waals surface area contributed by atoms with Gasteiger partial charge in [-0.25, -0.2) is 0 Å². The monoisotopic (exact) mass is 436 g/mol. The fourth-order valence-corrected chi connectivity index (χ4v) is 5.20. The molecule has 0 saturated carbocycles. The fraction of sp³-hybridized carbons (Fsp3) is 1.00. The SMILES string of the molecule is O=P(O)(O)CNCC(CP(=O)(O)O)(CP(=O)(O)O)NCP(=O)(O)O. The molecular formula is C6H20N2O12P4. The van der Waals surface area contributed by atoms with Crippen LogP contribution in [0.5, 0.6) is 0 Å². The maximum atomic E-state index is 11.2. The zero-order chi connectivity index (χ0) is 19.4. The fourth-order valence-electron chi connectivity index (χ4n) is 1.84. The Kier molecular flexibility index (Phi) is 8.66. The second-order valence-corrected chi connectivity index (χ2v) is 11.8. The van der Waals surface area contributed by atoms with E-state index in [9.17, 15) is 18.3 Å². The van der Waals surface area contributed by atoms with Crippen LogP contribution in [0.4, 0.5) is 0 Å². The van der Waals surface area contributed by atoms with Gasteiger partial charge in [-0.2, -0.15) is 0 Å². The molecular weight excluding hydrogens is 416 g/mol. The van der Waals surface area contributed by atoms with Crippen molar-refractivity contribution >= 4 is 30.4 Å². The lowest BCUT2D eigenvalue weighted by atomic mass is 10.1. The van der Waals surface area contributed by atoms with Gasteiger partial charge in [0.15, 0.2) is 0 Å². The summed E-state index contributed by atoms with van der Waals surface area (Å²) in [5, 5.41) is 4.09. The molecule has 0 aromatic rings. The van der Waals surface area contributed by atoms with E-state index < -0.39 is 67.4 Å². The van der Waals surface area contributed by atoms with E-state index in [0.29, 0.717) is 0 Å². The van der Waals surface area contributed by atoms with E-state index in [2.05, 4.69) is 5.32 Å². The third kappa shape index (κ3) is 13.8. The molecule has 0 unspecified atom stereocenters. The number of hydrogen-bond donors (Lipinski definition) is 10. The van der Waals surface area contributed by atoms with Crippen molar-refractivity contribution in [2.24, 2.45) is 0 Å². The molecule has 0 atom stereocenters. The average molecular weight is 436 g/mol. The van der Waals surface area contributed by atoms with Gasteiger partial charge in [0.25, 0.3) is 0 Å². The minimum Gasteiger partial charge on any atom is -0.324 e. The van der Waals surface area contributed by atoms with Gasteiger partial charge in [0.05, 0.1) is 30.4 Å². The second-order valence-electron chi connectivity index (χ2n) is 5.18. The Balaban J connectivity index is 5.55. The average Bonchev–Trinajstić information content (AvgIpc) is 2.18. The van der Waals surface area contributed by atoms with Crippen molar-refractivity contribution in [3.63, 3.8) is 0 Å². The van der Waals surface area contributed by atoms with Gasteiger partial charge in [-0.05, 0) is 0 Å². The summed E-state index contributed by atoms with van der Waals surface area (Å²) in [5.41, 5.74) is -2.23. The molecule has 0 rings (SSSR count). The summed E-state index contributed by atoms with van der Waals surface area (Å²) >= 11 is 0. The molecule has 18 heteroatoms. The van der Waals surface area contributed by atoms with E-state index in [1.807, 2.05) is 5.32 Å². The minimum absolute atomic E-state index is 0.783. The van der Waals surface area contributed by atoms with Crippen molar-refractivity contribution in [2.75, 3.05) is 31.4 Å². The highest BCUT2D eigenvalue weighted by molar-refractivity contribution is 7.53. The number of rotatable bonds is 11. The lowest BCUT2D eigenvalue weighted by Gasteiger charge is -2.35. The summed E-state index contributed by atoms with van der Waals surface area (Å²) in [6.07, 6.45) is -4.61. The normalized spacial score (nSPS) is 14.8. The largest absolute Gasteiger partial charge is 0.339 e. The highest BCUT2D eigenvalue weighted by Crippen LogP contribution is 2.46. The molecule has 0 amide bonds. The molecule has 0 fully saturated rings. The Labute approximate surface area is 136 Å². The molecule has 0 bridgehead atoms. The Bertz CT molecular complexity index is 575. The van der Waals surface area contributed by atoms with Crippen LogP contribution in [0.25, 0.3) is 0 Å². The summed E-state index contributed by atoms with van der Waals surface area (Å²) in [5.74, 6) is 0. The standard InChI is InChI=1S/C6H20N2O12P4/c9-21(10,11)2-6(3-22(12,13)14,8-5-24(18,19)20)1-7-4-23(15,16)17/h7-8H,1-5H2,(H2,9,10,11)(H2,12,13,14)(H2,15,16,17)(H2,18,19,20). The molecule has 24 heavy (non-hydrogen) atoms. The van der Waals surface area contributed by atoms with Crippen LogP contribution < -0.4 is 10.6 Å². The van der Waals surface area contributed by atoms with Crippen molar-refractivity contribution < 1.29 is 57.4 Å². The van der Waals surface area contributed by atoms with Crippen molar-refractivity contribution in [3.05, 3.63) is 0 Å². The van der Waals surface area contributed by atoms with E-state index >= 15 is 0 Å². The molecule has 0 saturated heterocycles. The first-order valence-electron chi connectivity index (χ1n) is 5.97. The van der Waals surface area contributed by atoms with Crippen LogP contribution in [0.1, 0.15) is 0 Å². The Morgan fingerprint density at radius 1 is 0.625 bits per heavy atom. The molecule has 0 spiro atoms. The third-order valence-electron chi connectivity index (χ3n) is 2.46. The van der Waals surface area contributed by atoms with Crippen molar-refractivity contribution in [3.8, 4) is 0 Å². The van der Waals surface area contributed by atoms with Crippen LogP contribution in [-0.4, -0.2) is 76.1 Å². The Morgan fingerprint density at radius 2 is 1.00 bits per heavy atom. The molecule has 14 nitrogen and oxygen atoms in total. The first kappa shape index (κ1) is 24.5. The van der Waals surface area contributed by atoms with Gasteiger partial charge in [0, 0.05) is 6.54 Å².